The predicted octanol–water partition coefficient (Wildman–Crippen LogP) is 1.85. The summed E-state index contributed by atoms with van der Waals surface area (Å²) >= 11 is 0. The zero-order chi connectivity index (χ0) is 75.2. The third-order valence-corrected chi connectivity index (χ3v) is 23.0. The van der Waals surface area contributed by atoms with E-state index < -0.39 is 137 Å². The molecule has 2 bridgehead atoms. The van der Waals surface area contributed by atoms with Gasteiger partial charge in [-0.1, -0.05) is 72.2 Å². The fourth-order valence-corrected chi connectivity index (χ4v) is 17.4. The molecule has 2 unspecified atom stereocenters. The molecular weight excluding hydrogens is 1380 g/mol. The van der Waals surface area contributed by atoms with Crippen LogP contribution in [0, 0.1) is 41.4 Å². The summed E-state index contributed by atoms with van der Waals surface area (Å²) in [6.07, 6.45) is 8.93. The average Bonchev–Trinajstić information content (AvgIpc) is 1.64. The lowest BCUT2D eigenvalue weighted by Crippen LogP contribution is -2.56. The van der Waals surface area contributed by atoms with Crippen LogP contribution in [-0.2, 0) is 70.4 Å². The van der Waals surface area contributed by atoms with Crippen LogP contribution in [-0.4, -0.2) is 207 Å². The number of carboxylic acid groups (broad SMARTS) is 1. The Morgan fingerprint density at radius 2 is 1.42 bits per heavy atom. The minimum atomic E-state index is -1.37. The molecule has 1 aromatic carbocycles. The molecule has 574 valence electrons. The number of aliphatic imine (C=N–C) groups is 2. The van der Waals surface area contributed by atoms with Crippen molar-refractivity contribution in [2.75, 3.05) is 57.3 Å². The van der Waals surface area contributed by atoms with Gasteiger partial charge in [0.2, 0.25) is 41.4 Å². The first-order valence-corrected chi connectivity index (χ1v) is 39.6. The van der Waals surface area contributed by atoms with Gasteiger partial charge in [0.05, 0.1) is 30.2 Å². The smallest absolute Gasteiger partial charge is 0.326 e. The van der Waals surface area contributed by atoms with Crippen molar-refractivity contribution in [1.82, 2.24) is 51.7 Å². The van der Waals surface area contributed by atoms with E-state index in [9.17, 15) is 38.7 Å². The molecule has 30 nitrogen and oxygen atoms in total. The van der Waals surface area contributed by atoms with Crippen LogP contribution in [0.2, 0.25) is 0 Å². The maximum atomic E-state index is 16.2. The second-order valence-corrected chi connectivity index (χ2v) is 31.4. The molecule has 1 aliphatic carbocycles. The Labute approximate surface area is 617 Å². The highest BCUT2D eigenvalue weighted by atomic mass is 33.1. The Balaban J connectivity index is 1.22. The van der Waals surface area contributed by atoms with Gasteiger partial charge in [0.25, 0.3) is 0 Å². The van der Waals surface area contributed by atoms with Gasteiger partial charge in [0.15, 0.2) is 23.5 Å². The highest BCUT2D eigenvalue weighted by molar-refractivity contribution is 8.76. The summed E-state index contributed by atoms with van der Waals surface area (Å²) in [6, 6.07) is 1.80. The van der Waals surface area contributed by atoms with Crippen molar-refractivity contribution in [2.45, 2.75) is 210 Å². The second-order valence-electron chi connectivity index (χ2n) is 28.8. The number of hydrogen-bond acceptors (Lipinski definition) is 19. The molecule has 0 spiro atoms. The molecule has 5 heterocycles. The van der Waals surface area contributed by atoms with Gasteiger partial charge in [0.1, 0.15) is 35.7 Å². The number of unbranched alkanes of at least 4 members (excludes halogenated alkanes) is 1. The number of carbonyl (C=O) groups is 12. The molecular formula is C72H111N17O13S2. The lowest BCUT2D eigenvalue weighted by molar-refractivity contribution is -0.142. The number of carbonyl (C=O) groups excluding carboxylic acids is 11. The van der Waals surface area contributed by atoms with Crippen molar-refractivity contribution in [2.24, 2.45) is 80.1 Å². The number of amides is 7. The van der Waals surface area contributed by atoms with Gasteiger partial charge < -0.3 is 75.6 Å². The van der Waals surface area contributed by atoms with E-state index in [1.807, 2.05) is 13.8 Å². The van der Waals surface area contributed by atoms with Crippen molar-refractivity contribution in [3.63, 3.8) is 0 Å². The first-order chi connectivity index (χ1) is 49.9. The number of hydrogen-bond donors (Lipinski definition) is 13. The summed E-state index contributed by atoms with van der Waals surface area (Å²) in [5, 5.41) is 28.1. The number of aromatic amines is 1. The summed E-state index contributed by atoms with van der Waals surface area (Å²) in [5.74, 6) is -13.0. The molecule has 4 aliphatic heterocycles. The van der Waals surface area contributed by atoms with Crippen LogP contribution < -0.4 is 60.6 Å². The first kappa shape index (κ1) is 83.3. The van der Waals surface area contributed by atoms with Crippen LogP contribution in [0.1, 0.15) is 166 Å². The van der Waals surface area contributed by atoms with Gasteiger partial charge in [-0.15, -0.1) is 0 Å². The first-order valence-electron chi connectivity index (χ1n) is 37.1. The molecule has 1 aromatic heterocycles. The fraction of sp³-hybridized carbons (Fsp3) is 0.681. The standard InChI is InChI=1S/C72H111N17O13S2/c1-43(2)33-47(36-61(92)54(19-9-27-80-71(74)75)83-68(99)59-21-12-31-89(59)69(100)56(20-10-28-81-72(76)77)85-63(94)46-23-25-51(90)35-46)64(95)87-58-41-104-103-40-48(65(96)86-57(70(101)102)34-44-13-4-3-5-14-44)37-60(91)45-15-8-17-52(62(58)93)53(38-49-39-78-42-82-49)66(97)84-55(18-6-7-26-73)67(98)79-29-32-88-30-11-16-50(88)24-22-45/h3-5,13-14,39,42-43,45-48,50,52-59H,6-12,15-38,40-41,73H2,1-2H3,(H,78,82)(H,79,98)(H,83,99)(H,84,97)(H,85,94)(H,86,96)(H,87,95)(H,101,102)(H4,74,75,80)(H4,76,77,81)/t45-,46-,47-,48?,50+,52?,53-,54+,55+,56+,57+,58+,59+/m1/s1. The van der Waals surface area contributed by atoms with Crippen LogP contribution in [0.25, 0.3) is 0 Å². The summed E-state index contributed by atoms with van der Waals surface area (Å²) in [7, 11) is 2.31. The van der Waals surface area contributed by atoms with E-state index in [4.69, 9.17) is 28.7 Å². The zero-order valence-electron chi connectivity index (χ0n) is 60.2. The number of Topliss-reactive ketones (excluding diaryl/α,β-unsaturated/α-hetero) is 4. The molecule has 0 radical (unpaired) electrons. The Morgan fingerprint density at radius 1 is 0.731 bits per heavy atom. The van der Waals surface area contributed by atoms with E-state index in [1.165, 1.54) is 22.0 Å². The number of H-pyrrole nitrogens is 1. The lowest BCUT2D eigenvalue weighted by atomic mass is 9.77. The summed E-state index contributed by atoms with van der Waals surface area (Å²) < 4.78 is 0. The van der Waals surface area contributed by atoms with Crippen molar-refractivity contribution in [3.05, 3.63) is 54.1 Å². The van der Waals surface area contributed by atoms with Crippen LogP contribution in [0.4, 0.5) is 0 Å². The Bertz CT molecular complexity index is 3280. The predicted molar refractivity (Wildman–Crippen MR) is 396 cm³/mol. The van der Waals surface area contributed by atoms with Crippen LogP contribution in [0.5, 0.6) is 0 Å². The largest absolute Gasteiger partial charge is 0.480 e. The number of nitrogens with two attached hydrogens (primary N) is 5. The lowest BCUT2D eigenvalue weighted by Gasteiger charge is -2.32. The Hall–Kier alpha value is -7.97. The SMILES string of the molecule is CC(C)C[C@H](CC(=O)[C@H](CCCN=C(N)N)NC(=O)[C@@H]1CCCN1C(=O)[C@H](CCCN=C(N)N)NC(=O)[C@@H]1CCC(=O)C1)C(=O)N[C@H]1CSSCC(C(=O)N[C@@H](Cc2ccccc2)C(=O)O)CC(=O)[C@@H]2CCCC(C1=O)[C@@H](Cc1cnc[nH]1)C(=O)N[C@@H](CCCCN)C(=O)NCCN1CCC[C@H]1CC2. The zero-order valence-corrected chi connectivity index (χ0v) is 61.9. The normalized spacial score (nSPS) is 24.5. The maximum absolute atomic E-state index is 16.2. The Morgan fingerprint density at radius 3 is 2.10 bits per heavy atom. The number of aromatic nitrogens is 2. The van der Waals surface area contributed by atoms with Gasteiger partial charge in [-0.2, -0.15) is 0 Å². The van der Waals surface area contributed by atoms with E-state index in [1.54, 1.807) is 36.5 Å². The minimum Gasteiger partial charge on any atom is -0.480 e. The quantitative estimate of drug-likeness (QED) is 0.0222. The maximum Gasteiger partial charge on any atom is 0.326 e. The number of aliphatic carboxylic acids is 1. The van der Waals surface area contributed by atoms with Gasteiger partial charge in [0, 0.05) is 124 Å². The number of ketones is 4. The third kappa shape index (κ3) is 26.6. The van der Waals surface area contributed by atoms with Crippen molar-refractivity contribution in [1.29, 1.82) is 0 Å². The molecule has 104 heavy (non-hydrogen) atoms. The second kappa shape index (κ2) is 42.9. The van der Waals surface area contributed by atoms with Crippen molar-refractivity contribution in [3.8, 4) is 0 Å². The summed E-state index contributed by atoms with van der Waals surface area (Å²) in [6.45, 7) is 6.03. The third-order valence-electron chi connectivity index (χ3n) is 20.5. The molecule has 5 fully saturated rings. The number of fused-ring (bicyclic) bond motifs is 5. The number of nitrogens with one attached hydrogen (secondary N) is 7. The molecule has 7 rings (SSSR count). The van der Waals surface area contributed by atoms with E-state index >= 15 is 24.0 Å². The van der Waals surface area contributed by atoms with Crippen LogP contribution in [0.3, 0.4) is 0 Å². The fourth-order valence-electron chi connectivity index (χ4n) is 14.9. The summed E-state index contributed by atoms with van der Waals surface area (Å²) in [4.78, 5) is 193. The van der Waals surface area contributed by atoms with Crippen LogP contribution in [0.15, 0.2) is 52.8 Å². The highest BCUT2D eigenvalue weighted by Gasteiger charge is 2.44. The van der Waals surface area contributed by atoms with Gasteiger partial charge in [-0.05, 0) is 134 Å². The van der Waals surface area contributed by atoms with Crippen molar-refractivity contribution < 1.29 is 62.6 Å². The summed E-state index contributed by atoms with van der Waals surface area (Å²) in [5.41, 5.74) is 29.6. The number of imidazole rings is 1. The Kier molecular flexibility index (Phi) is 34.3. The average molecular weight is 1490 g/mol. The molecule has 32 heteroatoms. The molecule has 4 saturated heterocycles. The number of carboxylic acids is 1. The molecule has 7 amide bonds. The van der Waals surface area contributed by atoms with E-state index in [2.05, 4.69) is 56.8 Å². The monoisotopic (exact) mass is 1490 g/mol. The van der Waals surface area contributed by atoms with E-state index in [-0.39, 0.29) is 169 Å². The van der Waals surface area contributed by atoms with Gasteiger partial charge in [-0.3, -0.25) is 67.6 Å². The van der Waals surface area contributed by atoms with Crippen molar-refractivity contribution >= 4 is 104 Å². The number of benzene rings is 1. The highest BCUT2D eigenvalue weighted by Crippen LogP contribution is 2.35. The molecule has 1 saturated carbocycles. The molecule has 2 aromatic rings. The number of likely N-dealkylation sites (tertiary alicyclic amines) is 1. The minimum absolute atomic E-state index is 0.00206. The van der Waals surface area contributed by atoms with Crippen LogP contribution >= 0.6 is 21.6 Å². The van der Waals surface area contributed by atoms with Gasteiger partial charge >= 0.3 is 5.97 Å². The number of nitrogens with zero attached hydrogens (tertiary/aromatic N) is 5. The molecule has 18 N–H and O–H groups in total. The molecule has 5 aliphatic rings. The van der Waals surface area contributed by atoms with Gasteiger partial charge in [-0.25, -0.2) is 9.78 Å². The molecule has 13 atom stereocenters. The number of guanidine groups is 2. The number of rotatable bonds is 31. The van der Waals surface area contributed by atoms with E-state index in [0.717, 1.165) is 30.2 Å². The topological polar surface area (TPSA) is 487 Å². The van der Waals surface area contributed by atoms with E-state index in [0.29, 0.717) is 62.9 Å².